The molecule has 3 heterocycles. The summed E-state index contributed by atoms with van der Waals surface area (Å²) in [6.07, 6.45) is 6.80. The maximum atomic E-state index is 12.7. The van der Waals surface area contributed by atoms with Gasteiger partial charge in [0.25, 0.3) is 5.91 Å². The average molecular weight is 382 g/mol. The van der Waals surface area contributed by atoms with Crippen molar-refractivity contribution in [2.45, 2.75) is 0 Å². The first-order valence-corrected chi connectivity index (χ1v) is 8.99. The van der Waals surface area contributed by atoms with Crippen LogP contribution in [0, 0.1) is 0 Å². The van der Waals surface area contributed by atoms with Crippen LogP contribution < -0.4 is 16.0 Å². The number of nitrogens with one attached hydrogen (secondary N) is 3. The molecule has 1 amide bonds. The lowest BCUT2D eigenvalue weighted by Crippen LogP contribution is -2.13. The monoisotopic (exact) mass is 382 g/mol. The first-order valence-electron chi connectivity index (χ1n) is 8.99. The molecular weight excluding hydrogens is 364 g/mol. The third kappa shape index (κ3) is 4.92. The Hall–Kier alpha value is -4.26. The van der Waals surface area contributed by atoms with E-state index in [1.54, 1.807) is 43.0 Å². The van der Waals surface area contributed by atoms with E-state index in [1.807, 2.05) is 48.5 Å². The maximum Gasteiger partial charge on any atom is 0.256 e. The molecule has 0 aliphatic carbocycles. The summed E-state index contributed by atoms with van der Waals surface area (Å²) in [5.74, 6) is 0.848. The normalized spacial score (nSPS) is 10.2. The smallest absolute Gasteiger partial charge is 0.256 e. The SMILES string of the molecule is O=C(Nc1cccc(Nc2ccncc2)n1)c1cccc(Nc2ccncc2)c1. The summed E-state index contributed by atoms with van der Waals surface area (Å²) in [6.45, 7) is 0. The molecule has 0 saturated heterocycles. The molecule has 3 N–H and O–H groups in total. The number of aromatic nitrogens is 3. The van der Waals surface area contributed by atoms with E-state index in [2.05, 4.69) is 30.9 Å². The van der Waals surface area contributed by atoms with Crippen molar-refractivity contribution in [3.05, 3.63) is 97.1 Å². The zero-order chi connectivity index (χ0) is 19.9. The van der Waals surface area contributed by atoms with Gasteiger partial charge in [0.05, 0.1) is 0 Å². The van der Waals surface area contributed by atoms with E-state index in [4.69, 9.17) is 0 Å². The van der Waals surface area contributed by atoms with Crippen molar-refractivity contribution in [1.29, 1.82) is 0 Å². The van der Waals surface area contributed by atoms with Crippen LogP contribution in [0.15, 0.2) is 91.5 Å². The molecule has 142 valence electrons. The van der Waals surface area contributed by atoms with Crippen molar-refractivity contribution < 1.29 is 4.79 Å². The molecule has 0 spiro atoms. The number of benzene rings is 1. The predicted octanol–water partition coefficient (Wildman–Crippen LogP) is 4.61. The van der Waals surface area contributed by atoms with Gasteiger partial charge in [0.1, 0.15) is 11.6 Å². The molecule has 0 saturated carbocycles. The number of pyridine rings is 3. The summed E-state index contributed by atoms with van der Waals surface area (Å²) < 4.78 is 0. The highest BCUT2D eigenvalue weighted by atomic mass is 16.1. The Morgan fingerprint density at radius 3 is 2.00 bits per heavy atom. The van der Waals surface area contributed by atoms with E-state index >= 15 is 0 Å². The van der Waals surface area contributed by atoms with Crippen LogP contribution in [0.3, 0.4) is 0 Å². The van der Waals surface area contributed by atoms with Gasteiger partial charge in [-0.1, -0.05) is 12.1 Å². The largest absolute Gasteiger partial charge is 0.355 e. The second-order valence-electron chi connectivity index (χ2n) is 6.16. The first kappa shape index (κ1) is 18.1. The second-order valence-corrected chi connectivity index (χ2v) is 6.16. The number of amides is 1. The van der Waals surface area contributed by atoms with Gasteiger partial charge in [0.2, 0.25) is 0 Å². The number of hydrogen-bond acceptors (Lipinski definition) is 6. The average Bonchev–Trinajstić information content (AvgIpc) is 2.76. The predicted molar refractivity (Wildman–Crippen MR) is 114 cm³/mol. The number of hydrogen-bond donors (Lipinski definition) is 3. The minimum atomic E-state index is -0.239. The van der Waals surface area contributed by atoms with E-state index in [-0.39, 0.29) is 5.91 Å². The van der Waals surface area contributed by atoms with E-state index < -0.39 is 0 Å². The summed E-state index contributed by atoms with van der Waals surface area (Å²) in [4.78, 5) is 25.1. The summed E-state index contributed by atoms with van der Waals surface area (Å²) in [6, 6.07) is 20.1. The van der Waals surface area contributed by atoms with Gasteiger partial charge in [-0.3, -0.25) is 14.8 Å². The number of nitrogens with zero attached hydrogens (tertiary/aromatic N) is 3. The van der Waals surface area contributed by atoms with E-state index in [1.165, 1.54) is 0 Å². The van der Waals surface area contributed by atoms with Crippen LogP contribution in [0.5, 0.6) is 0 Å². The van der Waals surface area contributed by atoms with Gasteiger partial charge < -0.3 is 16.0 Å². The molecule has 0 unspecified atom stereocenters. The van der Waals surface area contributed by atoms with Crippen molar-refractivity contribution in [1.82, 2.24) is 15.0 Å². The van der Waals surface area contributed by atoms with Crippen LogP contribution in [0.25, 0.3) is 0 Å². The van der Waals surface area contributed by atoms with Gasteiger partial charge in [-0.05, 0) is 54.6 Å². The molecule has 7 heteroatoms. The summed E-state index contributed by atoms with van der Waals surface area (Å²) >= 11 is 0. The quantitative estimate of drug-likeness (QED) is 0.451. The highest BCUT2D eigenvalue weighted by molar-refractivity contribution is 6.04. The molecule has 0 radical (unpaired) electrons. The molecule has 0 aliphatic rings. The number of anilines is 5. The summed E-state index contributed by atoms with van der Waals surface area (Å²) in [5, 5.41) is 9.26. The Bertz CT molecular complexity index is 1100. The second kappa shape index (κ2) is 8.62. The maximum absolute atomic E-state index is 12.7. The highest BCUT2D eigenvalue weighted by Crippen LogP contribution is 2.19. The third-order valence-corrected chi connectivity index (χ3v) is 4.04. The van der Waals surface area contributed by atoms with Crippen LogP contribution >= 0.6 is 0 Å². The fourth-order valence-electron chi connectivity index (χ4n) is 2.69. The lowest BCUT2D eigenvalue weighted by molar-refractivity contribution is 0.102. The summed E-state index contributed by atoms with van der Waals surface area (Å²) in [5.41, 5.74) is 3.10. The minimum Gasteiger partial charge on any atom is -0.355 e. The molecule has 0 fully saturated rings. The van der Waals surface area contributed by atoms with Crippen molar-refractivity contribution in [2.75, 3.05) is 16.0 Å². The number of rotatable bonds is 6. The fourth-order valence-corrected chi connectivity index (χ4v) is 2.69. The topological polar surface area (TPSA) is 91.8 Å². The lowest BCUT2D eigenvalue weighted by atomic mass is 10.2. The van der Waals surface area contributed by atoms with E-state index in [0.29, 0.717) is 17.2 Å². The molecule has 0 atom stereocenters. The highest BCUT2D eigenvalue weighted by Gasteiger charge is 2.08. The number of carbonyl (C=O) groups is 1. The van der Waals surface area contributed by atoms with Crippen LogP contribution in [0.1, 0.15) is 10.4 Å². The van der Waals surface area contributed by atoms with Crippen LogP contribution in [0.2, 0.25) is 0 Å². The fraction of sp³-hybridized carbons (Fsp3) is 0. The van der Waals surface area contributed by atoms with Gasteiger partial charge in [-0.2, -0.15) is 0 Å². The molecule has 0 aliphatic heterocycles. The Morgan fingerprint density at radius 2 is 1.28 bits per heavy atom. The van der Waals surface area contributed by atoms with Crippen molar-refractivity contribution >= 4 is 34.6 Å². The van der Waals surface area contributed by atoms with Crippen molar-refractivity contribution in [2.24, 2.45) is 0 Å². The van der Waals surface area contributed by atoms with E-state index in [0.717, 1.165) is 17.1 Å². The molecule has 3 aromatic heterocycles. The van der Waals surface area contributed by atoms with E-state index in [9.17, 15) is 4.79 Å². The molecule has 7 nitrogen and oxygen atoms in total. The minimum absolute atomic E-state index is 0.239. The Kier molecular flexibility index (Phi) is 5.39. The third-order valence-electron chi connectivity index (χ3n) is 4.04. The first-order chi connectivity index (χ1) is 14.3. The van der Waals surface area contributed by atoms with Gasteiger partial charge >= 0.3 is 0 Å². The van der Waals surface area contributed by atoms with Gasteiger partial charge in [0.15, 0.2) is 0 Å². The summed E-state index contributed by atoms with van der Waals surface area (Å²) in [7, 11) is 0. The Morgan fingerprint density at radius 1 is 0.655 bits per heavy atom. The lowest BCUT2D eigenvalue weighted by Gasteiger charge is -2.10. The zero-order valence-electron chi connectivity index (χ0n) is 15.4. The Labute approximate surface area is 167 Å². The zero-order valence-corrected chi connectivity index (χ0v) is 15.4. The van der Waals surface area contributed by atoms with Crippen LogP contribution in [-0.4, -0.2) is 20.9 Å². The molecule has 4 aromatic rings. The molecule has 1 aromatic carbocycles. The van der Waals surface area contributed by atoms with Gasteiger partial charge in [-0.25, -0.2) is 4.98 Å². The van der Waals surface area contributed by atoms with Crippen LogP contribution in [0.4, 0.5) is 28.7 Å². The van der Waals surface area contributed by atoms with Gasteiger partial charge in [0, 0.05) is 47.4 Å². The molecule has 0 bridgehead atoms. The molecule has 29 heavy (non-hydrogen) atoms. The Balaban J connectivity index is 1.45. The standard InChI is InChI=1S/C22H18N6O/c29-22(16-3-1-4-19(15-16)25-17-7-11-23-12-8-17)28-21-6-2-5-20(27-21)26-18-9-13-24-14-10-18/h1-15H,(H,23,25)(H2,24,26,27,28,29). The molecular formula is C22H18N6O. The van der Waals surface area contributed by atoms with Crippen molar-refractivity contribution in [3.63, 3.8) is 0 Å². The molecule has 4 rings (SSSR count). The van der Waals surface area contributed by atoms with Gasteiger partial charge in [-0.15, -0.1) is 0 Å². The van der Waals surface area contributed by atoms with Crippen LogP contribution in [-0.2, 0) is 0 Å². The number of carbonyl (C=O) groups excluding carboxylic acids is 1. The van der Waals surface area contributed by atoms with Crippen molar-refractivity contribution in [3.8, 4) is 0 Å².